The lowest BCUT2D eigenvalue weighted by Gasteiger charge is -2.00. The molecule has 88 valence electrons. The van der Waals surface area contributed by atoms with Crippen LogP contribution in [0.3, 0.4) is 0 Å². The van der Waals surface area contributed by atoms with Crippen molar-refractivity contribution in [3.05, 3.63) is 59.6 Å². The Kier molecular flexibility index (Phi) is 3.10. The highest BCUT2D eigenvalue weighted by molar-refractivity contribution is 7.95. The highest BCUT2D eigenvalue weighted by Crippen LogP contribution is 2.22. The summed E-state index contributed by atoms with van der Waals surface area (Å²) >= 11 is 0. The lowest BCUT2D eigenvalue weighted by molar-refractivity contribution is 0.551. The molecular formula is C12H9FO3S. The molecule has 0 fully saturated rings. The first-order valence-corrected chi connectivity index (χ1v) is 6.30. The van der Waals surface area contributed by atoms with Crippen LogP contribution < -0.4 is 0 Å². The van der Waals surface area contributed by atoms with Crippen LogP contribution in [0.15, 0.2) is 63.2 Å². The first-order chi connectivity index (χ1) is 8.10. The standard InChI is InChI=1S/C12H9FO3S/c13-12(9-10-5-4-8-16-10)17(14,15)11-6-2-1-3-7-11/h1-9H/b12-9+. The molecule has 0 aliphatic carbocycles. The minimum Gasteiger partial charge on any atom is -0.465 e. The van der Waals surface area contributed by atoms with Crippen LogP contribution in [0.2, 0.25) is 0 Å². The van der Waals surface area contributed by atoms with Gasteiger partial charge in [0.15, 0.2) is 0 Å². The van der Waals surface area contributed by atoms with E-state index in [1.807, 2.05) is 0 Å². The normalized spacial score (nSPS) is 12.6. The van der Waals surface area contributed by atoms with E-state index in [1.54, 1.807) is 12.1 Å². The van der Waals surface area contributed by atoms with Gasteiger partial charge in [-0.25, -0.2) is 8.42 Å². The van der Waals surface area contributed by atoms with Gasteiger partial charge < -0.3 is 4.42 Å². The first kappa shape index (κ1) is 11.6. The molecule has 17 heavy (non-hydrogen) atoms. The molecule has 0 N–H and O–H groups in total. The fraction of sp³-hybridized carbons (Fsp3) is 0. The van der Waals surface area contributed by atoms with Crippen LogP contribution in [0.25, 0.3) is 6.08 Å². The van der Waals surface area contributed by atoms with E-state index < -0.39 is 15.0 Å². The molecule has 0 unspecified atom stereocenters. The van der Waals surface area contributed by atoms with Crippen molar-refractivity contribution in [1.29, 1.82) is 0 Å². The van der Waals surface area contributed by atoms with Crippen molar-refractivity contribution in [3.63, 3.8) is 0 Å². The maximum absolute atomic E-state index is 13.6. The highest BCUT2D eigenvalue weighted by Gasteiger charge is 2.20. The van der Waals surface area contributed by atoms with E-state index in [9.17, 15) is 12.8 Å². The molecular weight excluding hydrogens is 243 g/mol. The van der Waals surface area contributed by atoms with Crippen LogP contribution in [0.4, 0.5) is 4.39 Å². The molecule has 0 bridgehead atoms. The van der Waals surface area contributed by atoms with Gasteiger partial charge in [0.25, 0.3) is 0 Å². The monoisotopic (exact) mass is 252 g/mol. The molecule has 0 saturated heterocycles. The molecule has 1 aromatic heterocycles. The van der Waals surface area contributed by atoms with Crippen LogP contribution >= 0.6 is 0 Å². The zero-order valence-corrected chi connectivity index (χ0v) is 9.52. The summed E-state index contributed by atoms with van der Waals surface area (Å²) in [4.78, 5) is -0.0830. The predicted molar refractivity (Wildman–Crippen MR) is 61.4 cm³/mol. The minimum absolute atomic E-state index is 0.0830. The Hall–Kier alpha value is -1.88. The van der Waals surface area contributed by atoms with Gasteiger partial charge in [-0.05, 0) is 24.3 Å². The van der Waals surface area contributed by atoms with Gasteiger partial charge in [-0.2, -0.15) is 4.39 Å². The number of halogens is 1. The predicted octanol–water partition coefficient (Wildman–Crippen LogP) is 3.02. The molecule has 0 aliphatic rings. The second-order valence-electron chi connectivity index (χ2n) is 3.28. The van der Waals surface area contributed by atoms with Crippen molar-refractivity contribution >= 4 is 15.9 Å². The fourth-order valence-corrected chi connectivity index (χ4v) is 2.29. The van der Waals surface area contributed by atoms with E-state index in [1.165, 1.54) is 36.6 Å². The maximum atomic E-state index is 13.6. The Morgan fingerprint density at radius 2 is 1.82 bits per heavy atom. The number of sulfone groups is 1. The largest absolute Gasteiger partial charge is 0.465 e. The van der Waals surface area contributed by atoms with Gasteiger partial charge in [-0.15, -0.1) is 0 Å². The molecule has 0 amide bonds. The van der Waals surface area contributed by atoms with E-state index in [4.69, 9.17) is 4.42 Å². The second-order valence-corrected chi connectivity index (χ2v) is 5.15. The van der Waals surface area contributed by atoms with Gasteiger partial charge in [-0.1, -0.05) is 18.2 Å². The molecule has 0 saturated carbocycles. The van der Waals surface area contributed by atoms with Crippen LogP contribution in [0, 0.1) is 0 Å². The van der Waals surface area contributed by atoms with Gasteiger partial charge in [0, 0.05) is 6.08 Å². The molecule has 2 rings (SSSR count). The summed E-state index contributed by atoms with van der Waals surface area (Å²) < 4.78 is 42.0. The lowest BCUT2D eigenvalue weighted by Crippen LogP contribution is -2.00. The SMILES string of the molecule is O=S(=O)(/C(F)=C/c1ccco1)c1ccccc1. The lowest BCUT2D eigenvalue weighted by atomic mass is 10.4. The molecule has 2 aromatic rings. The number of hydrogen-bond acceptors (Lipinski definition) is 3. The summed E-state index contributed by atoms with van der Waals surface area (Å²) in [7, 11) is -4.08. The van der Waals surface area contributed by atoms with Gasteiger partial charge >= 0.3 is 0 Å². The second kappa shape index (κ2) is 4.55. The quantitative estimate of drug-likeness (QED) is 0.843. The van der Waals surface area contributed by atoms with E-state index in [2.05, 4.69) is 0 Å². The summed E-state index contributed by atoms with van der Waals surface area (Å²) in [6.07, 6.45) is 2.19. The Labute approximate surface area is 98.1 Å². The number of furan rings is 1. The zero-order chi connectivity index (χ0) is 12.3. The molecule has 0 atom stereocenters. The van der Waals surface area contributed by atoms with Crippen LogP contribution in [0.1, 0.15) is 5.76 Å². The summed E-state index contributed by atoms with van der Waals surface area (Å²) in [5.74, 6) is 0.155. The number of benzene rings is 1. The van der Waals surface area contributed by atoms with Crippen LogP contribution in [-0.2, 0) is 9.84 Å². The van der Waals surface area contributed by atoms with Crippen LogP contribution in [0.5, 0.6) is 0 Å². The average molecular weight is 252 g/mol. The van der Waals surface area contributed by atoms with E-state index >= 15 is 0 Å². The van der Waals surface area contributed by atoms with Crippen molar-refractivity contribution in [2.45, 2.75) is 4.90 Å². The van der Waals surface area contributed by atoms with E-state index in [0.717, 1.165) is 6.08 Å². The van der Waals surface area contributed by atoms with Crippen molar-refractivity contribution in [2.24, 2.45) is 0 Å². The van der Waals surface area contributed by atoms with E-state index in [0.29, 0.717) is 0 Å². The summed E-state index contributed by atoms with van der Waals surface area (Å²) in [6.45, 7) is 0. The zero-order valence-electron chi connectivity index (χ0n) is 8.71. The highest BCUT2D eigenvalue weighted by atomic mass is 32.2. The molecule has 5 heteroatoms. The molecule has 3 nitrogen and oxygen atoms in total. The summed E-state index contributed by atoms with van der Waals surface area (Å²) in [5.41, 5.74) is 0. The maximum Gasteiger partial charge on any atom is 0.233 e. The number of rotatable bonds is 3. The van der Waals surface area contributed by atoms with Gasteiger partial charge in [0.1, 0.15) is 5.76 Å². The fourth-order valence-electron chi connectivity index (χ4n) is 1.28. The number of hydrogen-bond donors (Lipinski definition) is 0. The third kappa shape index (κ3) is 2.45. The molecule has 1 aromatic carbocycles. The summed E-state index contributed by atoms with van der Waals surface area (Å²) in [5, 5.41) is -1.24. The van der Waals surface area contributed by atoms with Gasteiger partial charge in [0.05, 0.1) is 11.2 Å². The Morgan fingerprint density at radius 3 is 2.41 bits per heavy atom. The van der Waals surface area contributed by atoms with Crippen molar-refractivity contribution in [1.82, 2.24) is 0 Å². The third-order valence-electron chi connectivity index (χ3n) is 2.11. The topological polar surface area (TPSA) is 47.3 Å². The smallest absolute Gasteiger partial charge is 0.233 e. The van der Waals surface area contributed by atoms with Crippen molar-refractivity contribution in [2.75, 3.05) is 0 Å². The first-order valence-electron chi connectivity index (χ1n) is 4.81. The minimum atomic E-state index is -4.08. The van der Waals surface area contributed by atoms with Gasteiger partial charge in [0.2, 0.25) is 15.0 Å². The van der Waals surface area contributed by atoms with Crippen molar-refractivity contribution in [3.8, 4) is 0 Å². The van der Waals surface area contributed by atoms with E-state index in [-0.39, 0.29) is 10.7 Å². The molecule has 0 radical (unpaired) electrons. The molecule has 0 aliphatic heterocycles. The Morgan fingerprint density at radius 1 is 1.12 bits per heavy atom. The van der Waals surface area contributed by atoms with Crippen molar-refractivity contribution < 1.29 is 17.2 Å². The molecule has 0 spiro atoms. The average Bonchev–Trinajstić information content (AvgIpc) is 2.83. The van der Waals surface area contributed by atoms with Crippen LogP contribution in [-0.4, -0.2) is 8.42 Å². The Bertz CT molecular complexity index is 613. The van der Waals surface area contributed by atoms with Gasteiger partial charge in [-0.3, -0.25) is 0 Å². The third-order valence-corrected chi connectivity index (χ3v) is 3.63. The summed E-state index contributed by atoms with van der Waals surface area (Å²) in [6, 6.07) is 10.4. The molecule has 1 heterocycles. The Balaban J connectivity index is 2.41.